The molecule has 0 bridgehead atoms. The molecule has 0 aromatic heterocycles. The predicted molar refractivity (Wildman–Crippen MR) is 84.5 cm³/mol. The Kier molecular flexibility index (Phi) is 4.96. The molecule has 122 valence electrons. The molecule has 1 aliphatic rings. The molecule has 0 spiro atoms. The Morgan fingerprint density at radius 1 is 1.36 bits per heavy atom. The summed E-state index contributed by atoms with van der Waals surface area (Å²) < 4.78 is 16.4. The third-order valence-electron chi connectivity index (χ3n) is 3.76. The van der Waals surface area contributed by atoms with Gasteiger partial charge in [0.1, 0.15) is 11.5 Å². The second kappa shape index (κ2) is 6.57. The van der Waals surface area contributed by atoms with E-state index in [0.717, 1.165) is 5.56 Å². The van der Waals surface area contributed by atoms with Crippen molar-refractivity contribution in [2.75, 3.05) is 27.3 Å². The lowest BCUT2D eigenvalue weighted by Gasteiger charge is -2.41. The highest BCUT2D eigenvalue weighted by Crippen LogP contribution is 2.26. The van der Waals surface area contributed by atoms with Crippen molar-refractivity contribution < 1.29 is 19.0 Å². The number of benzene rings is 1. The molecule has 1 atom stereocenters. The van der Waals surface area contributed by atoms with Crippen LogP contribution < -0.4 is 9.47 Å². The zero-order valence-electron chi connectivity index (χ0n) is 14.0. The van der Waals surface area contributed by atoms with Crippen LogP contribution in [0.2, 0.25) is 0 Å². The summed E-state index contributed by atoms with van der Waals surface area (Å²) in [5, 5.41) is 0. The summed E-state index contributed by atoms with van der Waals surface area (Å²) >= 11 is 0. The van der Waals surface area contributed by atoms with E-state index >= 15 is 0 Å². The summed E-state index contributed by atoms with van der Waals surface area (Å²) in [6, 6.07) is 5.52. The van der Waals surface area contributed by atoms with Gasteiger partial charge in [-0.1, -0.05) is 6.07 Å². The van der Waals surface area contributed by atoms with E-state index in [0.29, 0.717) is 31.0 Å². The van der Waals surface area contributed by atoms with E-state index in [1.807, 2.05) is 37.8 Å². The van der Waals surface area contributed by atoms with Crippen LogP contribution in [0.3, 0.4) is 0 Å². The van der Waals surface area contributed by atoms with Crippen LogP contribution in [-0.4, -0.2) is 49.8 Å². The molecule has 0 aliphatic carbocycles. The number of nitrogens with zero attached hydrogens (tertiary/aromatic N) is 1. The molecule has 1 fully saturated rings. The fourth-order valence-electron chi connectivity index (χ4n) is 2.92. The Hall–Kier alpha value is -1.75. The van der Waals surface area contributed by atoms with Gasteiger partial charge < -0.3 is 19.1 Å². The summed E-state index contributed by atoms with van der Waals surface area (Å²) in [6.45, 7) is 7.25. The Bertz CT molecular complexity index is 541. The van der Waals surface area contributed by atoms with E-state index in [2.05, 4.69) is 0 Å². The first-order valence-corrected chi connectivity index (χ1v) is 7.51. The fraction of sp³-hybridized carbons (Fsp3) is 0.588. The Labute approximate surface area is 132 Å². The van der Waals surface area contributed by atoms with E-state index in [1.165, 1.54) is 0 Å². The number of morpholine rings is 1. The molecule has 1 heterocycles. The van der Waals surface area contributed by atoms with Crippen molar-refractivity contribution in [1.29, 1.82) is 0 Å². The molecule has 1 aromatic carbocycles. The fourth-order valence-corrected chi connectivity index (χ4v) is 2.92. The van der Waals surface area contributed by atoms with E-state index in [4.69, 9.17) is 14.2 Å². The molecule has 5 heteroatoms. The zero-order chi connectivity index (χ0) is 16.3. The smallest absolute Gasteiger partial charge is 0.227 e. The first-order chi connectivity index (χ1) is 10.3. The van der Waals surface area contributed by atoms with E-state index in [-0.39, 0.29) is 17.6 Å². The topological polar surface area (TPSA) is 48.0 Å². The average Bonchev–Trinajstić information content (AvgIpc) is 2.45. The summed E-state index contributed by atoms with van der Waals surface area (Å²) in [5.74, 6) is 1.48. The molecule has 1 aromatic rings. The number of hydrogen-bond donors (Lipinski definition) is 0. The van der Waals surface area contributed by atoms with Gasteiger partial charge in [0.15, 0.2) is 0 Å². The highest BCUT2D eigenvalue weighted by Gasteiger charge is 2.33. The summed E-state index contributed by atoms with van der Waals surface area (Å²) in [5.41, 5.74) is 0.558. The lowest BCUT2D eigenvalue weighted by atomic mass is 10.0. The molecular formula is C17H25NO4. The van der Waals surface area contributed by atoms with Gasteiger partial charge in [0.05, 0.1) is 32.3 Å². The molecule has 1 amide bonds. The van der Waals surface area contributed by atoms with Gasteiger partial charge in [0.2, 0.25) is 5.91 Å². The quantitative estimate of drug-likeness (QED) is 0.856. The maximum absolute atomic E-state index is 12.6. The number of carbonyl (C=O) groups is 1. The van der Waals surface area contributed by atoms with Gasteiger partial charge in [0, 0.05) is 24.7 Å². The summed E-state index contributed by atoms with van der Waals surface area (Å²) in [6.07, 6.45) is 0.362. The van der Waals surface area contributed by atoms with Crippen LogP contribution >= 0.6 is 0 Å². The normalized spacial score (nSPS) is 20.6. The van der Waals surface area contributed by atoms with Gasteiger partial charge in [-0.3, -0.25) is 4.79 Å². The van der Waals surface area contributed by atoms with Crippen LogP contribution in [0.5, 0.6) is 11.5 Å². The van der Waals surface area contributed by atoms with Gasteiger partial charge in [0.25, 0.3) is 0 Å². The van der Waals surface area contributed by atoms with Gasteiger partial charge >= 0.3 is 0 Å². The van der Waals surface area contributed by atoms with E-state index in [1.54, 1.807) is 20.3 Å². The second-order valence-electron chi connectivity index (χ2n) is 6.32. The van der Waals surface area contributed by atoms with Crippen molar-refractivity contribution in [2.24, 2.45) is 0 Å². The number of carbonyl (C=O) groups excluding carboxylic acids is 1. The maximum Gasteiger partial charge on any atom is 0.227 e. The Morgan fingerprint density at radius 3 is 2.68 bits per heavy atom. The zero-order valence-corrected chi connectivity index (χ0v) is 14.0. The van der Waals surface area contributed by atoms with Crippen LogP contribution in [0.1, 0.15) is 26.3 Å². The van der Waals surface area contributed by atoms with Crippen molar-refractivity contribution in [3.05, 3.63) is 23.8 Å². The highest BCUT2D eigenvalue weighted by molar-refractivity contribution is 5.80. The van der Waals surface area contributed by atoms with Crippen molar-refractivity contribution in [3.63, 3.8) is 0 Å². The molecule has 2 rings (SSSR count). The predicted octanol–water partition coefficient (Wildman–Crippen LogP) is 2.27. The van der Waals surface area contributed by atoms with Crippen LogP contribution in [0, 0.1) is 0 Å². The largest absolute Gasteiger partial charge is 0.497 e. The van der Waals surface area contributed by atoms with Crippen LogP contribution in [0.25, 0.3) is 0 Å². The number of ether oxygens (including phenoxy) is 3. The van der Waals surface area contributed by atoms with E-state index < -0.39 is 0 Å². The third kappa shape index (κ3) is 3.91. The number of amides is 1. The van der Waals surface area contributed by atoms with Crippen LogP contribution in [0.15, 0.2) is 18.2 Å². The lowest BCUT2D eigenvalue weighted by Crippen LogP contribution is -2.54. The molecule has 0 saturated carbocycles. The summed E-state index contributed by atoms with van der Waals surface area (Å²) in [7, 11) is 3.21. The first-order valence-electron chi connectivity index (χ1n) is 7.51. The molecule has 22 heavy (non-hydrogen) atoms. The number of methoxy groups -OCH3 is 2. The highest BCUT2D eigenvalue weighted by atomic mass is 16.5. The minimum absolute atomic E-state index is 0.0467. The average molecular weight is 307 g/mol. The van der Waals surface area contributed by atoms with Crippen molar-refractivity contribution in [3.8, 4) is 11.5 Å². The molecular weight excluding hydrogens is 282 g/mol. The van der Waals surface area contributed by atoms with E-state index in [9.17, 15) is 4.79 Å². The van der Waals surface area contributed by atoms with Crippen molar-refractivity contribution in [2.45, 2.75) is 38.9 Å². The molecule has 0 N–H and O–H groups in total. The number of rotatable bonds is 4. The van der Waals surface area contributed by atoms with Gasteiger partial charge in [-0.2, -0.15) is 0 Å². The molecule has 1 saturated heterocycles. The Morgan fingerprint density at radius 2 is 2.09 bits per heavy atom. The second-order valence-corrected chi connectivity index (χ2v) is 6.32. The minimum atomic E-state index is -0.308. The molecule has 5 nitrogen and oxygen atoms in total. The first kappa shape index (κ1) is 16.6. The van der Waals surface area contributed by atoms with Crippen molar-refractivity contribution >= 4 is 5.91 Å². The minimum Gasteiger partial charge on any atom is -0.497 e. The Balaban J connectivity index is 2.11. The standard InChI is InChI=1S/C17H25NO4/c1-12-10-18(11-17(2,3)22-12)16(19)8-13-6-7-14(20-4)9-15(13)21-5/h6-7,9,12H,8,10-11H2,1-5H3/t12-/m0/s1. The monoisotopic (exact) mass is 307 g/mol. The molecule has 0 radical (unpaired) electrons. The van der Waals surface area contributed by atoms with Gasteiger partial charge in [-0.15, -0.1) is 0 Å². The van der Waals surface area contributed by atoms with Gasteiger partial charge in [-0.05, 0) is 26.8 Å². The van der Waals surface area contributed by atoms with Crippen LogP contribution in [-0.2, 0) is 16.0 Å². The van der Waals surface area contributed by atoms with Crippen molar-refractivity contribution in [1.82, 2.24) is 4.90 Å². The number of hydrogen-bond acceptors (Lipinski definition) is 4. The summed E-state index contributed by atoms with van der Waals surface area (Å²) in [4.78, 5) is 14.5. The maximum atomic E-state index is 12.6. The molecule has 0 unspecified atom stereocenters. The van der Waals surface area contributed by atoms with Crippen LogP contribution in [0.4, 0.5) is 0 Å². The molecule has 1 aliphatic heterocycles. The lowest BCUT2D eigenvalue weighted by molar-refractivity contribution is -0.157. The van der Waals surface area contributed by atoms with Gasteiger partial charge in [-0.25, -0.2) is 0 Å². The SMILES string of the molecule is COc1ccc(CC(=O)N2C[C@H](C)OC(C)(C)C2)c(OC)c1. The third-order valence-corrected chi connectivity index (χ3v) is 3.76.